The monoisotopic (exact) mass is 238 g/mol. The highest BCUT2D eigenvalue weighted by atomic mass is 16.5. The predicted octanol–water partition coefficient (Wildman–Crippen LogP) is 2.79. The van der Waals surface area contributed by atoms with Crippen LogP contribution in [0.3, 0.4) is 0 Å². The molecule has 0 heterocycles. The highest BCUT2D eigenvalue weighted by Gasteiger charge is 2.00. The molecule has 1 N–H and O–H groups in total. The van der Waals surface area contributed by atoms with Gasteiger partial charge >= 0.3 is 0 Å². The first kappa shape index (κ1) is 14.0. The Labute approximate surface area is 103 Å². The second-order valence-electron chi connectivity index (χ2n) is 4.56. The molecule has 0 bridgehead atoms. The van der Waals surface area contributed by atoms with Crippen molar-refractivity contribution < 1.29 is 14.6 Å². The van der Waals surface area contributed by atoms with Gasteiger partial charge in [0.2, 0.25) is 0 Å². The van der Waals surface area contributed by atoms with Crippen molar-refractivity contribution >= 4 is 0 Å². The summed E-state index contributed by atoms with van der Waals surface area (Å²) < 4.78 is 10.9. The highest BCUT2D eigenvalue weighted by molar-refractivity contribution is 5.28. The van der Waals surface area contributed by atoms with E-state index < -0.39 is 6.10 Å². The zero-order valence-electron chi connectivity index (χ0n) is 10.8. The van der Waals surface area contributed by atoms with Crippen LogP contribution < -0.4 is 4.74 Å². The smallest absolute Gasteiger partial charge is 0.119 e. The molecule has 96 valence electrons. The van der Waals surface area contributed by atoms with Crippen LogP contribution in [-0.4, -0.2) is 24.9 Å². The molecule has 3 heteroatoms. The zero-order valence-corrected chi connectivity index (χ0v) is 10.8. The summed E-state index contributed by atoms with van der Waals surface area (Å²) in [4.78, 5) is 0. The molecule has 0 unspecified atom stereocenters. The molecule has 1 atom stereocenters. The summed E-state index contributed by atoms with van der Waals surface area (Å²) in [6.45, 7) is 7.92. The number of ether oxygens (including phenoxy) is 2. The van der Waals surface area contributed by atoms with E-state index in [2.05, 4.69) is 13.8 Å². The van der Waals surface area contributed by atoms with Crippen molar-refractivity contribution in [2.24, 2.45) is 5.92 Å². The topological polar surface area (TPSA) is 38.7 Å². The molecule has 0 amide bonds. The molecule has 1 aromatic carbocycles. The van der Waals surface area contributed by atoms with Gasteiger partial charge in [-0.3, -0.25) is 0 Å². The van der Waals surface area contributed by atoms with Gasteiger partial charge < -0.3 is 14.6 Å². The van der Waals surface area contributed by atoms with E-state index in [1.165, 1.54) is 0 Å². The first-order valence-electron chi connectivity index (χ1n) is 6.08. The largest absolute Gasteiger partial charge is 0.491 e. The minimum absolute atomic E-state index is 0.432. The summed E-state index contributed by atoms with van der Waals surface area (Å²) >= 11 is 0. The van der Waals surface area contributed by atoms with Gasteiger partial charge in [-0.25, -0.2) is 0 Å². The summed E-state index contributed by atoms with van der Waals surface area (Å²) in [6.07, 6.45) is -0.432. The van der Waals surface area contributed by atoms with Crippen LogP contribution in [0.2, 0.25) is 0 Å². The van der Waals surface area contributed by atoms with Crippen molar-refractivity contribution in [2.45, 2.75) is 26.9 Å². The van der Waals surface area contributed by atoms with Gasteiger partial charge in [-0.15, -0.1) is 0 Å². The van der Waals surface area contributed by atoms with Crippen molar-refractivity contribution in [3.63, 3.8) is 0 Å². The fourth-order valence-electron chi connectivity index (χ4n) is 1.38. The Bertz CT molecular complexity index is 304. The Morgan fingerprint density at radius 1 is 1.06 bits per heavy atom. The van der Waals surface area contributed by atoms with Crippen LogP contribution in [0.1, 0.15) is 32.4 Å². The first-order chi connectivity index (χ1) is 8.09. The Morgan fingerprint density at radius 3 is 2.24 bits per heavy atom. The molecule has 0 radical (unpaired) electrons. The molecule has 3 nitrogen and oxygen atoms in total. The highest BCUT2D eigenvalue weighted by Crippen LogP contribution is 2.17. The Morgan fingerprint density at radius 2 is 1.71 bits per heavy atom. The Kier molecular flexibility index (Phi) is 6.01. The number of benzene rings is 1. The molecule has 1 rings (SSSR count). The first-order valence-corrected chi connectivity index (χ1v) is 6.08. The van der Waals surface area contributed by atoms with E-state index in [-0.39, 0.29) is 0 Å². The SMILES string of the molecule is CC(C)COCCOc1ccc([C@H](C)O)cc1. The lowest BCUT2D eigenvalue weighted by atomic mass is 10.1. The molecule has 0 fully saturated rings. The lowest BCUT2D eigenvalue weighted by Crippen LogP contribution is -2.10. The van der Waals surface area contributed by atoms with Crippen LogP contribution in [0.4, 0.5) is 0 Å². The lowest BCUT2D eigenvalue weighted by molar-refractivity contribution is 0.0819. The lowest BCUT2D eigenvalue weighted by Gasteiger charge is -2.10. The number of aliphatic hydroxyl groups is 1. The zero-order chi connectivity index (χ0) is 12.7. The maximum Gasteiger partial charge on any atom is 0.119 e. The number of hydrogen-bond acceptors (Lipinski definition) is 3. The van der Waals surface area contributed by atoms with Crippen molar-refractivity contribution in [3.8, 4) is 5.75 Å². The third-order valence-corrected chi connectivity index (χ3v) is 2.31. The van der Waals surface area contributed by atoms with Crippen LogP contribution >= 0.6 is 0 Å². The van der Waals surface area contributed by atoms with Gasteiger partial charge in [-0.05, 0) is 30.5 Å². The van der Waals surface area contributed by atoms with Crippen LogP contribution in [0, 0.1) is 5.92 Å². The van der Waals surface area contributed by atoms with Gasteiger partial charge in [0.05, 0.1) is 12.7 Å². The molecular weight excluding hydrogens is 216 g/mol. The molecule has 0 saturated heterocycles. The number of aliphatic hydroxyl groups excluding tert-OH is 1. The summed E-state index contributed by atoms with van der Waals surface area (Å²) in [7, 11) is 0. The molecule has 0 aromatic heterocycles. The van der Waals surface area contributed by atoms with Crippen LogP contribution in [0.15, 0.2) is 24.3 Å². The van der Waals surface area contributed by atoms with E-state index in [1.54, 1.807) is 6.92 Å². The molecule has 0 aliphatic rings. The minimum atomic E-state index is -0.432. The molecule has 0 spiro atoms. The van der Waals surface area contributed by atoms with Crippen LogP contribution in [0.5, 0.6) is 5.75 Å². The Hall–Kier alpha value is -1.06. The van der Waals surface area contributed by atoms with Crippen molar-refractivity contribution in [3.05, 3.63) is 29.8 Å². The summed E-state index contributed by atoms with van der Waals surface area (Å²) in [5.41, 5.74) is 0.897. The minimum Gasteiger partial charge on any atom is -0.491 e. The van der Waals surface area contributed by atoms with Gasteiger partial charge in [0.25, 0.3) is 0 Å². The van der Waals surface area contributed by atoms with E-state index >= 15 is 0 Å². The maximum absolute atomic E-state index is 9.35. The summed E-state index contributed by atoms with van der Waals surface area (Å²) in [6, 6.07) is 7.47. The van der Waals surface area contributed by atoms with E-state index in [4.69, 9.17) is 9.47 Å². The second kappa shape index (κ2) is 7.30. The summed E-state index contributed by atoms with van der Waals surface area (Å²) in [5.74, 6) is 1.36. The van der Waals surface area contributed by atoms with Crippen molar-refractivity contribution in [2.75, 3.05) is 19.8 Å². The Balaban J connectivity index is 2.23. The fraction of sp³-hybridized carbons (Fsp3) is 0.571. The molecule has 1 aromatic rings. The molecular formula is C14H22O3. The molecule has 0 aliphatic heterocycles. The van der Waals surface area contributed by atoms with Gasteiger partial charge in [0, 0.05) is 6.61 Å². The quantitative estimate of drug-likeness (QED) is 0.742. The third-order valence-electron chi connectivity index (χ3n) is 2.31. The van der Waals surface area contributed by atoms with E-state index in [9.17, 15) is 5.11 Å². The van der Waals surface area contributed by atoms with Crippen LogP contribution in [0.25, 0.3) is 0 Å². The van der Waals surface area contributed by atoms with Gasteiger partial charge in [0.15, 0.2) is 0 Å². The standard InChI is InChI=1S/C14H22O3/c1-11(2)10-16-8-9-17-14-6-4-13(5-7-14)12(3)15/h4-7,11-12,15H,8-10H2,1-3H3/t12-/m0/s1. The van der Waals surface area contributed by atoms with E-state index in [0.717, 1.165) is 17.9 Å². The predicted molar refractivity (Wildman–Crippen MR) is 68.2 cm³/mol. The third kappa shape index (κ3) is 5.71. The normalized spacial score (nSPS) is 12.8. The molecule has 17 heavy (non-hydrogen) atoms. The average molecular weight is 238 g/mol. The summed E-state index contributed by atoms with van der Waals surface area (Å²) in [5, 5.41) is 9.35. The van der Waals surface area contributed by atoms with Gasteiger partial charge in [0.1, 0.15) is 12.4 Å². The van der Waals surface area contributed by atoms with Gasteiger partial charge in [-0.2, -0.15) is 0 Å². The average Bonchev–Trinajstić information content (AvgIpc) is 2.29. The maximum atomic E-state index is 9.35. The number of rotatable bonds is 7. The van der Waals surface area contributed by atoms with Gasteiger partial charge in [-0.1, -0.05) is 26.0 Å². The van der Waals surface area contributed by atoms with Crippen molar-refractivity contribution in [1.82, 2.24) is 0 Å². The number of hydrogen-bond donors (Lipinski definition) is 1. The van der Waals surface area contributed by atoms with E-state index in [1.807, 2.05) is 24.3 Å². The molecule has 0 aliphatic carbocycles. The molecule has 0 saturated carbocycles. The van der Waals surface area contributed by atoms with E-state index in [0.29, 0.717) is 19.1 Å². The van der Waals surface area contributed by atoms with Crippen LogP contribution in [-0.2, 0) is 4.74 Å². The fourth-order valence-corrected chi connectivity index (χ4v) is 1.38. The second-order valence-corrected chi connectivity index (χ2v) is 4.56. The van der Waals surface area contributed by atoms with Crippen molar-refractivity contribution in [1.29, 1.82) is 0 Å².